The van der Waals surface area contributed by atoms with Crippen LogP contribution in [0.3, 0.4) is 0 Å². The lowest BCUT2D eigenvalue weighted by molar-refractivity contribution is 0.148. The van der Waals surface area contributed by atoms with Crippen molar-refractivity contribution in [3.05, 3.63) is 83.9 Å². The minimum absolute atomic E-state index is 0.0262. The Morgan fingerprint density at radius 3 is 2.38 bits per heavy atom. The molecular formula is C25H28N4O4S. The van der Waals surface area contributed by atoms with Gasteiger partial charge in [0.1, 0.15) is 11.6 Å². The summed E-state index contributed by atoms with van der Waals surface area (Å²) in [6, 6.07) is 20.2. The number of amidine groups is 1. The summed E-state index contributed by atoms with van der Waals surface area (Å²) >= 11 is 0. The summed E-state index contributed by atoms with van der Waals surface area (Å²) in [5.74, 6) is 0.300. The number of unbranched alkanes of at least 4 members (excludes halogenated alkanes) is 1. The minimum Gasteiger partial charge on any atom is -0.410 e. The van der Waals surface area contributed by atoms with Crippen molar-refractivity contribution in [2.45, 2.75) is 31.2 Å². The van der Waals surface area contributed by atoms with E-state index in [1.807, 2.05) is 13.0 Å². The van der Waals surface area contributed by atoms with Crippen molar-refractivity contribution >= 4 is 22.0 Å². The average Bonchev–Trinajstić information content (AvgIpc) is 2.82. The zero-order valence-corrected chi connectivity index (χ0v) is 19.7. The van der Waals surface area contributed by atoms with Crippen molar-refractivity contribution in [3.63, 3.8) is 0 Å². The summed E-state index contributed by atoms with van der Waals surface area (Å²) < 4.78 is 29.4. The van der Waals surface area contributed by atoms with E-state index < -0.39 is 16.1 Å². The van der Waals surface area contributed by atoms with Crippen molar-refractivity contribution < 1.29 is 17.9 Å². The molecule has 0 radical (unpaired) electrons. The van der Waals surface area contributed by atoms with E-state index in [2.05, 4.69) is 0 Å². The van der Waals surface area contributed by atoms with Crippen molar-refractivity contribution in [2.75, 3.05) is 6.54 Å². The highest BCUT2D eigenvalue weighted by Gasteiger charge is 2.18. The molecule has 5 N–H and O–H groups in total. The van der Waals surface area contributed by atoms with Gasteiger partial charge in [-0.05, 0) is 41.8 Å². The van der Waals surface area contributed by atoms with Gasteiger partial charge in [-0.25, -0.2) is 18.4 Å². The Morgan fingerprint density at radius 2 is 1.74 bits per heavy atom. The molecule has 1 amide bonds. The predicted molar refractivity (Wildman–Crippen MR) is 132 cm³/mol. The number of ether oxygens (including phenoxy) is 1. The molecule has 3 aromatic carbocycles. The number of nitrogens with zero attached hydrogens (tertiary/aromatic N) is 1. The van der Waals surface area contributed by atoms with Crippen LogP contribution in [0, 0.1) is 5.41 Å². The number of nitrogen functional groups attached to an aromatic ring is 1. The first-order chi connectivity index (χ1) is 16.2. The maximum Gasteiger partial charge on any atom is 0.415 e. The van der Waals surface area contributed by atoms with Crippen LogP contribution in [0.2, 0.25) is 0 Å². The summed E-state index contributed by atoms with van der Waals surface area (Å²) in [4.78, 5) is 14.6. The maximum absolute atomic E-state index is 12.9. The fourth-order valence-electron chi connectivity index (χ4n) is 3.46. The lowest BCUT2D eigenvalue weighted by atomic mass is 10.1. The van der Waals surface area contributed by atoms with E-state index >= 15 is 0 Å². The van der Waals surface area contributed by atoms with Gasteiger partial charge in [-0.1, -0.05) is 61.9 Å². The molecule has 8 nitrogen and oxygen atoms in total. The Kier molecular flexibility index (Phi) is 8.04. The molecule has 3 aromatic rings. The quantitative estimate of drug-likeness (QED) is 0.313. The number of carbonyl (C=O) groups is 1. The summed E-state index contributed by atoms with van der Waals surface area (Å²) in [7, 11) is -3.88. The van der Waals surface area contributed by atoms with Gasteiger partial charge < -0.3 is 15.4 Å². The second-order valence-corrected chi connectivity index (χ2v) is 9.35. The van der Waals surface area contributed by atoms with E-state index in [0.29, 0.717) is 35.5 Å². The molecule has 0 aromatic heterocycles. The number of sulfonamides is 1. The highest BCUT2D eigenvalue weighted by atomic mass is 32.2. The Morgan fingerprint density at radius 1 is 1.03 bits per heavy atom. The zero-order valence-electron chi connectivity index (χ0n) is 18.9. The number of primary sulfonamides is 1. The first kappa shape index (κ1) is 24.9. The molecule has 0 fully saturated rings. The number of hydrogen-bond acceptors (Lipinski definition) is 5. The summed E-state index contributed by atoms with van der Waals surface area (Å²) in [5.41, 5.74) is 8.12. The molecule has 0 aliphatic carbocycles. The van der Waals surface area contributed by atoms with Crippen LogP contribution in [0.5, 0.6) is 5.75 Å². The first-order valence-electron chi connectivity index (χ1n) is 10.8. The molecule has 0 atom stereocenters. The lowest BCUT2D eigenvalue weighted by Crippen LogP contribution is -2.34. The third-order valence-corrected chi connectivity index (χ3v) is 6.18. The molecule has 9 heteroatoms. The monoisotopic (exact) mass is 480 g/mol. The van der Waals surface area contributed by atoms with Gasteiger partial charge in [-0.2, -0.15) is 0 Å². The lowest BCUT2D eigenvalue weighted by Gasteiger charge is -2.22. The Balaban J connectivity index is 1.77. The normalized spacial score (nSPS) is 11.1. The van der Waals surface area contributed by atoms with Crippen LogP contribution in [0.25, 0.3) is 11.1 Å². The van der Waals surface area contributed by atoms with Crippen LogP contribution in [0.15, 0.2) is 77.7 Å². The Labute approximate surface area is 199 Å². The molecular weight excluding hydrogens is 452 g/mol. The smallest absolute Gasteiger partial charge is 0.410 e. The molecule has 0 saturated heterocycles. The SMILES string of the molecule is CCCCN(Cc1cccc(C(=N)N)c1)C(=O)Oc1ccc(-c2ccccc2S(N)(=O)=O)cc1. The third-order valence-electron chi connectivity index (χ3n) is 5.22. The van der Waals surface area contributed by atoms with Crippen LogP contribution < -0.4 is 15.6 Å². The number of benzene rings is 3. The van der Waals surface area contributed by atoms with Gasteiger partial charge in [-0.15, -0.1) is 0 Å². The van der Waals surface area contributed by atoms with E-state index in [4.69, 9.17) is 21.0 Å². The molecule has 3 rings (SSSR count). The summed E-state index contributed by atoms with van der Waals surface area (Å²) in [6.45, 7) is 2.87. The van der Waals surface area contributed by atoms with Crippen molar-refractivity contribution in [2.24, 2.45) is 10.9 Å². The number of amides is 1. The van der Waals surface area contributed by atoms with Gasteiger partial charge in [0, 0.05) is 24.2 Å². The molecule has 34 heavy (non-hydrogen) atoms. The molecule has 0 heterocycles. The van der Waals surface area contributed by atoms with Gasteiger partial charge >= 0.3 is 6.09 Å². The minimum atomic E-state index is -3.88. The molecule has 0 spiro atoms. The van der Waals surface area contributed by atoms with E-state index in [0.717, 1.165) is 18.4 Å². The number of rotatable bonds is 9. The zero-order chi connectivity index (χ0) is 24.7. The number of carbonyl (C=O) groups excluding carboxylic acids is 1. The molecule has 0 bridgehead atoms. The third kappa shape index (κ3) is 6.43. The average molecular weight is 481 g/mol. The van der Waals surface area contributed by atoms with E-state index in [1.165, 1.54) is 6.07 Å². The van der Waals surface area contributed by atoms with Crippen LogP contribution >= 0.6 is 0 Å². The standard InChI is InChI=1S/C25H28N4O4S/c1-2-3-15-29(17-18-7-6-8-20(16-18)24(26)27)25(30)33-21-13-11-19(12-14-21)22-9-4-5-10-23(22)34(28,31)32/h4-14,16H,2-3,15,17H2,1H3,(H3,26,27)(H2,28,31,32). The molecule has 0 saturated carbocycles. The Bertz CT molecular complexity index is 1270. The van der Waals surface area contributed by atoms with Gasteiger partial charge in [0.2, 0.25) is 10.0 Å². The fourth-order valence-corrected chi connectivity index (χ4v) is 4.22. The van der Waals surface area contributed by atoms with E-state index in [-0.39, 0.29) is 10.7 Å². The van der Waals surface area contributed by atoms with Crippen LogP contribution in [0.4, 0.5) is 4.79 Å². The summed E-state index contributed by atoms with van der Waals surface area (Å²) in [6.07, 6.45) is 1.22. The van der Waals surface area contributed by atoms with Crippen molar-refractivity contribution in [1.82, 2.24) is 4.90 Å². The fraction of sp³-hybridized carbons (Fsp3) is 0.200. The van der Waals surface area contributed by atoms with E-state index in [1.54, 1.807) is 65.6 Å². The number of nitrogens with one attached hydrogen (secondary N) is 1. The van der Waals surface area contributed by atoms with Gasteiger partial charge in [0.05, 0.1) is 4.90 Å². The highest BCUT2D eigenvalue weighted by molar-refractivity contribution is 7.89. The largest absolute Gasteiger partial charge is 0.415 e. The molecule has 178 valence electrons. The number of nitrogens with two attached hydrogens (primary N) is 2. The van der Waals surface area contributed by atoms with Gasteiger partial charge in [-0.3, -0.25) is 5.41 Å². The Hall–Kier alpha value is -3.69. The second-order valence-electron chi connectivity index (χ2n) is 7.82. The van der Waals surface area contributed by atoms with E-state index in [9.17, 15) is 13.2 Å². The van der Waals surface area contributed by atoms with Crippen LogP contribution in [-0.2, 0) is 16.6 Å². The van der Waals surface area contributed by atoms with Gasteiger partial charge in [0.25, 0.3) is 0 Å². The first-order valence-corrected chi connectivity index (χ1v) is 12.4. The van der Waals surface area contributed by atoms with Crippen LogP contribution in [0.1, 0.15) is 30.9 Å². The van der Waals surface area contributed by atoms with Crippen molar-refractivity contribution in [3.8, 4) is 16.9 Å². The molecule has 0 unspecified atom stereocenters. The predicted octanol–water partition coefficient (Wildman–Crippen LogP) is 4.09. The van der Waals surface area contributed by atoms with Crippen LogP contribution in [-0.4, -0.2) is 31.8 Å². The number of hydrogen-bond donors (Lipinski definition) is 3. The summed E-state index contributed by atoms with van der Waals surface area (Å²) in [5, 5.41) is 12.9. The topological polar surface area (TPSA) is 140 Å². The van der Waals surface area contributed by atoms with Gasteiger partial charge in [0.15, 0.2) is 0 Å². The maximum atomic E-state index is 12.9. The van der Waals surface area contributed by atoms with Crippen molar-refractivity contribution in [1.29, 1.82) is 5.41 Å². The highest BCUT2D eigenvalue weighted by Crippen LogP contribution is 2.28. The molecule has 0 aliphatic heterocycles. The second kappa shape index (κ2) is 11.0. The molecule has 0 aliphatic rings.